The Hall–Kier alpha value is -1.87. The van der Waals surface area contributed by atoms with Crippen molar-refractivity contribution < 1.29 is 0 Å². The van der Waals surface area contributed by atoms with E-state index in [0.29, 0.717) is 0 Å². The molecule has 0 unspecified atom stereocenters. The van der Waals surface area contributed by atoms with E-state index in [1.54, 1.807) is 11.3 Å². The molecule has 3 heteroatoms. The van der Waals surface area contributed by atoms with Crippen molar-refractivity contribution in [3.05, 3.63) is 47.0 Å². The third-order valence-electron chi connectivity index (χ3n) is 3.54. The van der Waals surface area contributed by atoms with E-state index in [4.69, 9.17) is 10.7 Å². The summed E-state index contributed by atoms with van der Waals surface area (Å²) >= 11 is 1.73. The molecule has 0 spiro atoms. The zero-order valence-electron chi connectivity index (χ0n) is 11.3. The van der Waals surface area contributed by atoms with Crippen LogP contribution in [0.15, 0.2) is 30.3 Å². The summed E-state index contributed by atoms with van der Waals surface area (Å²) in [5.74, 6) is 0. The van der Waals surface area contributed by atoms with Crippen LogP contribution < -0.4 is 5.73 Å². The quantitative estimate of drug-likeness (QED) is 0.661. The Morgan fingerprint density at radius 3 is 2.58 bits per heavy atom. The lowest BCUT2D eigenvalue weighted by Gasteiger charge is -2.07. The van der Waals surface area contributed by atoms with Crippen LogP contribution in [-0.2, 0) is 0 Å². The van der Waals surface area contributed by atoms with Gasteiger partial charge in [0.1, 0.15) is 5.01 Å². The normalized spacial score (nSPS) is 11.1. The van der Waals surface area contributed by atoms with Crippen LogP contribution in [0, 0.1) is 20.8 Å². The molecule has 96 valence electrons. The molecule has 0 aliphatic heterocycles. The molecule has 2 aromatic carbocycles. The number of nitrogens with two attached hydrogens (primary N) is 1. The second-order valence-electron chi connectivity index (χ2n) is 4.95. The minimum atomic E-state index is 0.800. The molecule has 0 aliphatic carbocycles. The molecule has 0 bridgehead atoms. The molecule has 0 amide bonds. The maximum atomic E-state index is 5.97. The maximum absolute atomic E-state index is 5.97. The topological polar surface area (TPSA) is 38.9 Å². The number of nitrogens with zero attached hydrogens (tertiary/aromatic N) is 1. The van der Waals surface area contributed by atoms with Gasteiger partial charge in [-0.3, -0.25) is 0 Å². The predicted octanol–water partition coefficient (Wildman–Crippen LogP) is 4.47. The lowest BCUT2D eigenvalue weighted by atomic mass is 10.0. The fourth-order valence-corrected chi connectivity index (χ4v) is 3.43. The Morgan fingerprint density at radius 2 is 1.84 bits per heavy atom. The molecule has 0 saturated heterocycles. The zero-order valence-corrected chi connectivity index (χ0v) is 12.1. The Labute approximate surface area is 116 Å². The molecule has 19 heavy (non-hydrogen) atoms. The Kier molecular flexibility index (Phi) is 2.79. The minimum absolute atomic E-state index is 0.800. The highest BCUT2D eigenvalue weighted by atomic mass is 32.1. The lowest BCUT2D eigenvalue weighted by Crippen LogP contribution is -1.92. The molecule has 0 atom stereocenters. The lowest BCUT2D eigenvalue weighted by molar-refractivity contribution is 1.33. The zero-order chi connectivity index (χ0) is 13.6. The number of thiazole rings is 1. The Balaban J connectivity index is 2.28. The van der Waals surface area contributed by atoms with Crippen molar-refractivity contribution >= 4 is 27.2 Å². The van der Waals surface area contributed by atoms with E-state index in [0.717, 1.165) is 21.8 Å². The van der Waals surface area contributed by atoms with Crippen molar-refractivity contribution in [3.8, 4) is 10.6 Å². The molecule has 0 aliphatic rings. The van der Waals surface area contributed by atoms with Crippen LogP contribution in [0.1, 0.15) is 16.7 Å². The highest BCUT2D eigenvalue weighted by Gasteiger charge is 2.11. The Bertz CT molecular complexity index is 772. The van der Waals surface area contributed by atoms with Gasteiger partial charge in [-0.25, -0.2) is 4.98 Å². The first-order chi connectivity index (χ1) is 9.06. The fraction of sp³-hybridized carbons (Fsp3) is 0.188. The third-order valence-corrected chi connectivity index (χ3v) is 4.59. The summed E-state index contributed by atoms with van der Waals surface area (Å²) in [6.45, 7) is 6.32. The van der Waals surface area contributed by atoms with Crippen molar-refractivity contribution in [3.63, 3.8) is 0 Å². The van der Waals surface area contributed by atoms with Gasteiger partial charge in [0.05, 0.1) is 10.2 Å². The van der Waals surface area contributed by atoms with Crippen LogP contribution in [-0.4, -0.2) is 4.98 Å². The van der Waals surface area contributed by atoms with E-state index in [-0.39, 0.29) is 0 Å². The highest BCUT2D eigenvalue weighted by molar-refractivity contribution is 7.21. The van der Waals surface area contributed by atoms with E-state index in [1.807, 2.05) is 12.1 Å². The second kappa shape index (κ2) is 4.35. The number of benzene rings is 2. The predicted molar refractivity (Wildman–Crippen MR) is 83.7 cm³/mol. The number of hydrogen-bond acceptors (Lipinski definition) is 3. The van der Waals surface area contributed by atoms with Gasteiger partial charge < -0.3 is 5.73 Å². The smallest absolute Gasteiger partial charge is 0.124 e. The van der Waals surface area contributed by atoms with Crippen molar-refractivity contribution in [2.24, 2.45) is 0 Å². The van der Waals surface area contributed by atoms with Crippen molar-refractivity contribution in [2.45, 2.75) is 20.8 Å². The van der Waals surface area contributed by atoms with Gasteiger partial charge in [0.25, 0.3) is 0 Å². The maximum Gasteiger partial charge on any atom is 0.124 e. The Morgan fingerprint density at radius 1 is 1.05 bits per heavy atom. The summed E-state index contributed by atoms with van der Waals surface area (Å²) < 4.78 is 1.23. The first-order valence-electron chi connectivity index (χ1n) is 6.29. The van der Waals surface area contributed by atoms with Gasteiger partial charge in [0, 0.05) is 11.3 Å². The van der Waals surface area contributed by atoms with Crippen LogP contribution >= 0.6 is 11.3 Å². The van der Waals surface area contributed by atoms with Gasteiger partial charge in [0.15, 0.2) is 0 Å². The van der Waals surface area contributed by atoms with Gasteiger partial charge in [-0.15, -0.1) is 11.3 Å². The van der Waals surface area contributed by atoms with Crippen LogP contribution in [0.3, 0.4) is 0 Å². The molecule has 2 N–H and O–H groups in total. The standard InChI is InChI=1S/C16H16N2S/c1-9-5-4-6-14-15(9)18-16(19-14)13-8-12(17)7-10(2)11(13)3/h4-8H,17H2,1-3H3. The van der Waals surface area contributed by atoms with E-state index in [9.17, 15) is 0 Å². The van der Waals surface area contributed by atoms with Gasteiger partial charge in [-0.2, -0.15) is 0 Å². The van der Waals surface area contributed by atoms with Crippen molar-refractivity contribution in [2.75, 3.05) is 5.73 Å². The SMILES string of the molecule is Cc1cc(N)cc(-c2nc3c(C)cccc3s2)c1C. The highest BCUT2D eigenvalue weighted by Crippen LogP contribution is 2.35. The molecule has 3 rings (SSSR count). The summed E-state index contributed by atoms with van der Waals surface area (Å²) in [6, 6.07) is 10.3. The first-order valence-corrected chi connectivity index (χ1v) is 7.11. The number of rotatable bonds is 1. The van der Waals surface area contributed by atoms with Gasteiger partial charge in [0.2, 0.25) is 0 Å². The molecule has 0 radical (unpaired) electrons. The second-order valence-corrected chi connectivity index (χ2v) is 5.98. The summed E-state index contributed by atoms with van der Waals surface area (Å²) in [4.78, 5) is 4.79. The number of nitrogen functional groups attached to an aromatic ring is 1. The molecule has 3 aromatic rings. The summed E-state index contributed by atoms with van der Waals surface area (Å²) in [5, 5.41) is 1.05. The van der Waals surface area contributed by atoms with Crippen molar-refractivity contribution in [1.29, 1.82) is 0 Å². The van der Waals surface area contributed by atoms with Crippen LogP contribution in [0.25, 0.3) is 20.8 Å². The first kappa shape index (κ1) is 12.2. The van der Waals surface area contributed by atoms with Crippen molar-refractivity contribution in [1.82, 2.24) is 4.98 Å². The number of aryl methyl sites for hydroxylation is 2. The molecule has 2 nitrogen and oxygen atoms in total. The average Bonchev–Trinajstić information content (AvgIpc) is 2.79. The summed E-state index contributed by atoms with van der Waals surface area (Å²) in [5.41, 5.74) is 12.7. The largest absolute Gasteiger partial charge is 0.399 e. The molecule has 1 aromatic heterocycles. The van der Waals surface area contributed by atoms with Crippen LogP contribution in [0.2, 0.25) is 0 Å². The van der Waals surface area contributed by atoms with Crippen LogP contribution in [0.5, 0.6) is 0 Å². The average molecular weight is 268 g/mol. The molecule has 1 heterocycles. The number of anilines is 1. The summed E-state index contributed by atoms with van der Waals surface area (Å²) in [6.07, 6.45) is 0. The summed E-state index contributed by atoms with van der Waals surface area (Å²) in [7, 11) is 0. The number of fused-ring (bicyclic) bond motifs is 1. The van der Waals surface area contributed by atoms with Gasteiger partial charge in [-0.05, 0) is 55.7 Å². The number of hydrogen-bond donors (Lipinski definition) is 1. The van der Waals surface area contributed by atoms with E-state index in [1.165, 1.54) is 21.4 Å². The van der Waals surface area contributed by atoms with E-state index in [2.05, 4.69) is 39.0 Å². The van der Waals surface area contributed by atoms with Gasteiger partial charge in [-0.1, -0.05) is 12.1 Å². The van der Waals surface area contributed by atoms with E-state index < -0.39 is 0 Å². The van der Waals surface area contributed by atoms with Gasteiger partial charge >= 0.3 is 0 Å². The number of aromatic nitrogens is 1. The fourth-order valence-electron chi connectivity index (χ4n) is 2.31. The molecular formula is C16H16N2S. The molecule has 0 saturated carbocycles. The molecule has 0 fully saturated rings. The minimum Gasteiger partial charge on any atom is -0.399 e. The van der Waals surface area contributed by atoms with E-state index >= 15 is 0 Å². The molecular weight excluding hydrogens is 252 g/mol. The number of para-hydroxylation sites is 1. The van der Waals surface area contributed by atoms with Crippen LogP contribution in [0.4, 0.5) is 5.69 Å². The third kappa shape index (κ3) is 2.00. The monoisotopic (exact) mass is 268 g/mol.